The summed E-state index contributed by atoms with van der Waals surface area (Å²) < 4.78 is 24.9. The molecule has 1 aromatic rings. The Morgan fingerprint density at radius 2 is 1.92 bits per heavy atom. The van der Waals surface area contributed by atoms with E-state index in [0.717, 1.165) is 17.4 Å². The summed E-state index contributed by atoms with van der Waals surface area (Å²) in [5.41, 5.74) is 1.84. The van der Waals surface area contributed by atoms with E-state index >= 15 is 0 Å². The van der Waals surface area contributed by atoms with Gasteiger partial charge in [0.05, 0.1) is 6.26 Å². The second-order valence-electron chi connectivity index (χ2n) is 2.82. The standard InChI is InChI=1S/C9H11NO2S/c1-8-5-3-4-6-9(8)7-10-13(2,11)12/h3-7H,1-2H3/b10-7+. The van der Waals surface area contributed by atoms with Crippen molar-refractivity contribution in [1.29, 1.82) is 0 Å². The van der Waals surface area contributed by atoms with Gasteiger partial charge >= 0.3 is 0 Å². The predicted octanol–water partition coefficient (Wildman–Crippen LogP) is 1.37. The maximum atomic E-state index is 10.7. The first-order valence-corrected chi connectivity index (χ1v) is 5.65. The van der Waals surface area contributed by atoms with Crippen LogP contribution in [0.4, 0.5) is 0 Å². The van der Waals surface area contributed by atoms with Gasteiger partial charge in [-0.3, -0.25) is 0 Å². The average molecular weight is 197 g/mol. The van der Waals surface area contributed by atoms with Crippen LogP contribution in [0.15, 0.2) is 28.7 Å². The summed E-state index contributed by atoms with van der Waals surface area (Å²) in [5, 5.41) is 0. The number of rotatable bonds is 2. The Kier molecular flexibility index (Phi) is 2.83. The Labute approximate surface area is 78.2 Å². The van der Waals surface area contributed by atoms with Gasteiger partial charge in [-0.2, -0.15) is 4.40 Å². The summed E-state index contributed by atoms with van der Waals surface area (Å²) in [6.07, 6.45) is 2.44. The van der Waals surface area contributed by atoms with E-state index in [9.17, 15) is 8.42 Å². The lowest BCUT2D eigenvalue weighted by atomic mass is 10.1. The molecule has 13 heavy (non-hydrogen) atoms. The third-order valence-corrected chi connectivity index (χ3v) is 2.06. The second kappa shape index (κ2) is 3.70. The van der Waals surface area contributed by atoms with Crippen molar-refractivity contribution in [2.45, 2.75) is 6.92 Å². The summed E-state index contributed by atoms with van der Waals surface area (Å²) in [4.78, 5) is 0. The molecular formula is C9H11NO2S. The summed E-state index contributed by atoms with van der Waals surface area (Å²) in [5.74, 6) is 0. The van der Waals surface area contributed by atoms with Crippen LogP contribution in [0.3, 0.4) is 0 Å². The first-order valence-electron chi connectivity index (χ1n) is 3.80. The summed E-state index contributed by atoms with van der Waals surface area (Å²) in [6.45, 7) is 1.91. The van der Waals surface area contributed by atoms with Crippen molar-refractivity contribution in [3.8, 4) is 0 Å². The van der Waals surface area contributed by atoms with Crippen LogP contribution >= 0.6 is 0 Å². The smallest absolute Gasteiger partial charge is 0.205 e. The van der Waals surface area contributed by atoms with Crippen LogP contribution in [0.2, 0.25) is 0 Å². The van der Waals surface area contributed by atoms with Gasteiger partial charge in [-0.15, -0.1) is 0 Å². The highest BCUT2D eigenvalue weighted by molar-refractivity contribution is 7.89. The van der Waals surface area contributed by atoms with Crippen molar-refractivity contribution in [2.24, 2.45) is 4.40 Å². The first kappa shape index (κ1) is 9.92. The second-order valence-corrected chi connectivity index (χ2v) is 4.50. The normalized spacial score (nSPS) is 12.2. The summed E-state index contributed by atoms with van der Waals surface area (Å²) >= 11 is 0. The Morgan fingerprint density at radius 1 is 1.31 bits per heavy atom. The van der Waals surface area contributed by atoms with Crippen LogP contribution in [0, 0.1) is 6.92 Å². The SMILES string of the molecule is Cc1ccccc1/C=N/S(C)(=O)=O. The van der Waals surface area contributed by atoms with Crippen molar-refractivity contribution in [2.75, 3.05) is 6.26 Å². The lowest BCUT2D eigenvalue weighted by Crippen LogP contribution is -1.93. The van der Waals surface area contributed by atoms with Crippen LogP contribution in [0.25, 0.3) is 0 Å². The minimum absolute atomic E-state index is 0.827. The Balaban J connectivity index is 3.00. The zero-order valence-corrected chi connectivity index (χ0v) is 8.38. The Morgan fingerprint density at radius 3 is 2.46 bits per heavy atom. The molecule has 0 fully saturated rings. The van der Waals surface area contributed by atoms with Gasteiger partial charge in [0.1, 0.15) is 0 Å². The molecule has 0 aliphatic carbocycles. The minimum atomic E-state index is -3.27. The van der Waals surface area contributed by atoms with Crippen molar-refractivity contribution >= 4 is 16.2 Å². The molecule has 4 heteroatoms. The van der Waals surface area contributed by atoms with E-state index < -0.39 is 10.0 Å². The fourth-order valence-electron chi connectivity index (χ4n) is 0.884. The van der Waals surface area contributed by atoms with Crippen molar-refractivity contribution in [3.63, 3.8) is 0 Å². The molecule has 1 aromatic carbocycles. The van der Waals surface area contributed by atoms with Crippen LogP contribution in [0.1, 0.15) is 11.1 Å². The highest BCUT2D eigenvalue weighted by atomic mass is 32.2. The zero-order valence-electron chi connectivity index (χ0n) is 7.56. The molecule has 0 saturated carbocycles. The lowest BCUT2D eigenvalue weighted by molar-refractivity contribution is 0.604. The molecule has 0 unspecified atom stereocenters. The number of benzene rings is 1. The van der Waals surface area contributed by atoms with Gasteiger partial charge in [-0.1, -0.05) is 24.3 Å². The van der Waals surface area contributed by atoms with E-state index in [0.29, 0.717) is 0 Å². The third kappa shape index (κ3) is 3.38. The first-order chi connectivity index (χ1) is 5.99. The van der Waals surface area contributed by atoms with E-state index in [-0.39, 0.29) is 0 Å². The van der Waals surface area contributed by atoms with Crippen molar-refractivity contribution < 1.29 is 8.42 Å². The lowest BCUT2D eigenvalue weighted by Gasteiger charge is -1.96. The molecule has 0 atom stereocenters. The van der Waals surface area contributed by atoms with Gasteiger partial charge in [-0.25, -0.2) is 8.42 Å². The van der Waals surface area contributed by atoms with E-state index in [1.165, 1.54) is 6.21 Å². The summed E-state index contributed by atoms with van der Waals surface area (Å²) in [7, 11) is -3.27. The van der Waals surface area contributed by atoms with Gasteiger partial charge in [-0.05, 0) is 18.1 Å². The summed E-state index contributed by atoms with van der Waals surface area (Å²) in [6, 6.07) is 7.47. The van der Waals surface area contributed by atoms with E-state index in [1.807, 2.05) is 31.2 Å². The number of aryl methyl sites for hydroxylation is 1. The van der Waals surface area contributed by atoms with Gasteiger partial charge in [0.15, 0.2) is 0 Å². The molecule has 0 aliphatic heterocycles. The van der Waals surface area contributed by atoms with Crippen LogP contribution < -0.4 is 0 Å². The molecule has 0 N–H and O–H groups in total. The van der Waals surface area contributed by atoms with Gasteiger partial charge in [0, 0.05) is 6.21 Å². The Hall–Kier alpha value is -1.16. The molecule has 0 bridgehead atoms. The number of sulfonamides is 1. The highest BCUT2D eigenvalue weighted by Gasteiger charge is 1.96. The van der Waals surface area contributed by atoms with Crippen molar-refractivity contribution in [3.05, 3.63) is 35.4 Å². The molecule has 0 radical (unpaired) electrons. The van der Waals surface area contributed by atoms with Gasteiger partial charge in [0.2, 0.25) is 10.0 Å². The third-order valence-electron chi connectivity index (χ3n) is 1.57. The Bertz CT molecular complexity index is 421. The molecule has 0 heterocycles. The molecule has 0 aromatic heterocycles. The molecule has 0 amide bonds. The molecule has 1 rings (SSSR count). The molecule has 3 nitrogen and oxygen atoms in total. The molecular weight excluding hydrogens is 186 g/mol. The zero-order chi connectivity index (χ0) is 9.90. The molecule has 0 saturated heterocycles. The predicted molar refractivity (Wildman–Crippen MR) is 53.6 cm³/mol. The molecule has 0 spiro atoms. The fraction of sp³-hybridized carbons (Fsp3) is 0.222. The minimum Gasteiger partial charge on any atom is -0.205 e. The van der Waals surface area contributed by atoms with E-state index in [4.69, 9.17) is 0 Å². The van der Waals surface area contributed by atoms with Crippen molar-refractivity contribution in [1.82, 2.24) is 0 Å². The van der Waals surface area contributed by atoms with Crippen LogP contribution in [-0.4, -0.2) is 20.9 Å². The molecule has 0 aliphatic rings. The fourth-order valence-corrected chi connectivity index (χ4v) is 1.19. The van der Waals surface area contributed by atoms with E-state index in [2.05, 4.69) is 4.40 Å². The van der Waals surface area contributed by atoms with Crippen LogP contribution in [0.5, 0.6) is 0 Å². The molecule has 70 valence electrons. The quantitative estimate of drug-likeness (QED) is 0.672. The maximum absolute atomic E-state index is 10.7. The monoisotopic (exact) mass is 197 g/mol. The van der Waals surface area contributed by atoms with Gasteiger partial charge < -0.3 is 0 Å². The number of hydrogen-bond acceptors (Lipinski definition) is 2. The largest absolute Gasteiger partial charge is 0.250 e. The number of hydrogen-bond donors (Lipinski definition) is 0. The average Bonchev–Trinajstić information content (AvgIpc) is 2.01. The maximum Gasteiger partial charge on any atom is 0.250 e. The topological polar surface area (TPSA) is 46.5 Å². The number of nitrogens with zero attached hydrogens (tertiary/aromatic N) is 1. The van der Waals surface area contributed by atoms with Gasteiger partial charge in [0.25, 0.3) is 0 Å². The van der Waals surface area contributed by atoms with Crippen LogP contribution in [-0.2, 0) is 10.0 Å². The van der Waals surface area contributed by atoms with E-state index in [1.54, 1.807) is 0 Å². The highest BCUT2D eigenvalue weighted by Crippen LogP contribution is 2.03.